The SMILES string of the molecule is CC(=O)O[C@H]1CC=C(C)[C@H]2CC3=C(C)C(=O)O[C@H]3/C=C(/C)C[C@@H](O)[C@H](O)[C@]12C. The van der Waals surface area contributed by atoms with Gasteiger partial charge < -0.3 is 19.7 Å². The molecule has 2 aliphatic carbocycles. The van der Waals surface area contributed by atoms with Crippen LogP contribution in [0.25, 0.3) is 0 Å². The van der Waals surface area contributed by atoms with Gasteiger partial charge >= 0.3 is 11.9 Å². The smallest absolute Gasteiger partial charge is 0.334 e. The molecule has 0 aromatic rings. The molecule has 0 aromatic carbocycles. The Labute approximate surface area is 165 Å². The third-order valence-corrected chi connectivity index (χ3v) is 6.71. The second-order valence-corrected chi connectivity index (χ2v) is 8.61. The van der Waals surface area contributed by atoms with Gasteiger partial charge in [-0.15, -0.1) is 0 Å². The maximum atomic E-state index is 12.2. The van der Waals surface area contributed by atoms with Crippen LogP contribution in [0.1, 0.15) is 53.9 Å². The molecule has 6 heteroatoms. The van der Waals surface area contributed by atoms with Crippen LogP contribution in [0, 0.1) is 11.3 Å². The topological polar surface area (TPSA) is 93.1 Å². The molecule has 6 nitrogen and oxygen atoms in total. The molecule has 28 heavy (non-hydrogen) atoms. The van der Waals surface area contributed by atoms with E-state index in [4.69, 9.17) is 9.47 Å². The number of esters is 2. The van der Waals surface area contributed by atoms with Crippen molar-refractivity contribution < 1.29 is 29.3 Å². The highest BCUT2D eigenvalue weighted by atomic mass is 16.6. The number of fused-ring (bicyclic) bond motifs is 2. The van der Waals surface area contributed by atoms with Crippen molar-refractivity contribution in [2.24, 2.45) is 11.3 Å². The van der Waals surface area contributed by atoms with Gasteiger partial charge in [0.1, 0.15) is 12.2 Å². The van der Waals surface area contributed by atoms with Crippen molar-refractivity contribution in [1.82, 2.24) is 0 Å². The Bertz CT molecular complexity index is 776. The lowest BCUT2D eigenvalue weighted by Crippen LogP contribution is -2.56. The van der Waals surface area contributed by atoms with Crippen molar-refractivity contribution in [2.45, 2.75) is 78.3 Å². The number of carbonyl (C=O) groups is 2. The van der Waals surface area contributed by atoms with Crippen LogP contribution in [-0.2, 0) is 19.1 Å². The number of aliphatic hydroxyl groups is 2. The predicted octanol–water partition coefficient (Wildman–Crippen LogP) is 2.59. The number of hydrogen-bond acceptors (Lipinski definition) is 6. The minimum Gasteiger partial charge on any atom is -0.462 e. The number of ether oxygens (including phenoxy) is 2. The normalized spacial score (nSPS) is 40.5. The summed E-state index contributed by atoms with van der Waals surface area (Å²) in [6, 6.07) is 0. The van der Waals surface area contributed by atoms with Crippen molar-refractivity contribution in [1.29, 1.82) is 0 Å². The summed E-state index contributed by atoms with van der Waals surface area (Å²) in [6.45, 7) is 8.83. The summed E-state index contributed by atoms with van der Waals surface area (Å²) in [6.07, 6.45) is 1.97. The molecule has 0 bridgehead atoms. The number of allylic oxidation sites excluding steroid dienone is 1. The maximum absolute atomic E-state index is 12.2. The average molecular weight is 390 g/mol. The van der Waals surface area contributed by atoms with E-state index in [0.29, 0.717) is 18.4 Å². The number of aliphatic hydroxyl groups excluding tert-OH is 2. The highest BCUT2D eigenvalue weighted by Crippen LogP contribution is 2.51. The van der Waals surface area contributed by atoms with E-state index in [1.165, 1.54) is 6.92 Å². The molecule has 0 fully saturated rings. The van der Waals surface area contributed by atoms with Crippen molar-refractivity contribution in [3.05, 3.63) is 34.4 Å². The van der Waals surface area contributed by atoms with Gasteiger partial charge in [0.05, 0.1) is 12.2 Å². The molecule has 3 aliphatic rings. The van der Waals surface area contributed by atoms with Gasteiger partial charge in [0.2, 0.25) is 0 Å². The fourth-order valence-corrected chi connectivity index (χ4v) is 4.98. The van der Waals surface area contributed by atoms with Crippen molar-refractivity contribution in [3.63, 3.8) is 0 Å². The lowest BCUT2D eigenvalue weighted by atomic mass is 9.59. The first kappa shape index (κ1) is 20.8. The van der Waals surface area contributed by atoms with Crippen molar-refractivity contribution in [2.75, 3.05) is 0 Å². The molecule has 6 atom stereocenters. The van der Waals surface area contributed by atoms with Crippen LogP contribution in [-0.4, -0.2) is 46.6 Å². The second kappa shape index (κ2) is 7.48. The predicted molar refractivity (Wildman–Crippen MR) is 103 cm³/mol. The summed E-state index contributed by atoms with van der Waals surface area (Å²) in [7, 11) is 0. The molecular weight excluding hydrogens is 360 g/mol. The first-order valence-electron chi connectivity index (χ1n) is 9.83. The van der Waals surface area contributed by atoms with Crippen LogP contribution < -0.4 is 0 Å². The van der Waals surface area contributed by atoms with Gasteiger partial charge in [0.25, 0.3) is 0 Å². The zero-order valence-corrected chi connectivity index (χ0v) is 17.2. The Morgan fingerprint density at radius 2 is 1.93 bits per heavy atom. The fraction of sp³-hybridized carbons (Fsp3) is 0.636. The van der Waals surface area contributed by atoms with Gasteiger partial charge in [-0.1, -0.05) is 24.1 Å². The Kier molecular flexibility index (Phi) is 5.56. The minimum absolute atomic E-state index is 0.205. The first-order chi connectivity index (χ1) is 13.1. The van der Waals surface area contributed by atoms with Crippen LogP contribution in [0.3, 0.4) is 0 Å². The molecule has 1 aliphatic heterocycles. The molecule has 1 heterocycles. The molecule has 0 aromatic heterocycles. The minimum atomic E-state index is -1.09. The maximum Gasteiger partial charge on any atom is 0.334 e. The number of rotatable bonds is 1. The van der Waals surface area contributed by atoms with E-state index in [2.05, 4.69) is 0 Å². The van der Waals surface area contributed by atoms with Crippen molar-refractivity contribution in [3.8, 4) is 0 Å². The summed E-state index contributed by atoms with van der Waals surface area (Å²) in [5.41, 5.74) is 2.47. The monoisotopic (exact) mass is 390 g/mol. The zero-order valence-electron chi connectivity index (χ0n) is 17.2. The molecular formula is C22H30O6. The molecule has 3 rings (SSSR count). The standard InChI is InChI=1S/C22H30O6/c1-11-8-17(24)20(25)22(5)16(12(2)6-7-19(22)27-14(4)23)10-15-13(3)21(26)28-18(15)9-11/h6,9,16-20,24-25H,7-8,10H2,1-5H3/b11-9-/t16-,17-,18+,19+,20+,22+/m1/s1. The largest absolute Gasteiger partial charge is 0.462 e. The summed E-state index contributed by atoms with van der Waals surface area (Å²) in [5, 5.41) is 22.0. The summed E-state index contributed by atoms with van der Waals surface area (Å²) < 4.78 is 11.1. The summed E-state index contributed by atoms with van der Waals surface area (Å²) >= 11 is 0. The Morgan fingerprint density at radius 3 is 2.57 bits per heavy atom. The third kappa shape index (κ3) is 3.44. The highest BCUT2D eigenvalue weighted by molar-refractivity contribution is 5.92. The molecule has 0 unspecified atom stereocenters. The van der Waals surface area contributed by atoms with Gasteiger partial charge in [-0.2, -0.15) is 0 Å². The van der Waals surface area contributed by atoms with E-state index in [1.54, 1.807) is 6.92 Å². The number of hydrogen-bond donors (Lipinski definition) is 2. The fourth-order valence-electron chi connectivity index (χ4n) is 4.98. The van der Waals surface area contributed by atoms with Crippen LogP contribution in [0.5, 0.6) is 0 Å². The van der Waals surface area contributed by atoms with E-state index < -0.39 is 35.8 Å². The molecule has 0 amide bonds. The summed E-state index contributed by atoms with van der Waals surface area (Å²) in [4.78, 5) is 23.9. The molecule has 154 valence electrons. The molecule has 0 spiro atoms. The van der Waals surface area contributed by atoms with Crippen LogP contribution in [0.4, 0.5) is 0 Å². The molecule has 0 saturated heterocycles. The van der Waals surface area contributed by atoms with Crippen LogP contribution in [0.15, 0.2) is 34.4 Å². The van der Waals surface area contributed by atoms with Gasteiger partial charge in [-0.05, 0) is 51.2 Å². The van der Waals surface area contributed by atoms with Crippen LogP contribution in [0.2, 0.25) is 0 Å². The van der Waals surface area contributed by atoms with E-state index in [9.17, 15) is 19.8 Å². The Hall–Kier alpha value is -1.92. The number of carbonyl (C=O) groups excluding carboxylic acids is 2. The van der Waals surface area contributed by atoms with E-state index in [-0.39, 0.29) is 18.3 Å². The van der Waals surface area contributed by atoms with Gasteiger partial charge in [0.15, 0.2) is 0 Å². The van der Waals surface area contributed by atoms with Crippen molar-refractivity contribution >= 4 is 11.9 Å². The molecule has 2 N–H and O–H groups in total. The third-order valence-electron chi connectivity index (χ3n) is 6.71. The quantitative estimate of drug-likeness (QED) is 0.528. The van der Waals surface area contributed by atoms with Gasteiger partial charge in [-0.3, -0.25) is 4.79 Å². The second-order valence-electron chi connectivity index (χ2n) is 8.61. The molecule has 0 radical (unpaired) electrons. The highest BCUT2D eigenvalue weighted by Gasteiger charge is 2.54. The van der Waals surface area contributed by atoms with E-state index in [0.717, 1.165) is 16.7 Å². The lowest BCUT2D eigenvalue weighted by Gasteiger charge is -2.50. The lowest BCUT2D eigenvalue weighted by molar-refractivity contribution is -0.175. The van der Waals surface area contributed by atoms with Gasteiger partial charge in [-0.25, -0.2) is 4.79 Å². The van der Waals surface area contributed by atoms with Gasteiger partial charge in [0, 0.05) is 24.3 Å². The van der Waals surface area contributed by atoms with Crippen LogP contribution >= 0.6 is 0 Å². The first-order valence-corrected chi connectivity index (χ1v) is 9.83. The Balaban J connectivity index is 2.15. The van der Waals surface area contributed by atoms with E-state index >= 15 is 0 Å². The Morgan fingerprint density at radius 1 is 1.25 bits per heavy atom. The molecule has 0 saturated carbocycles. The summed E-state index contributed by atoms with van der Waals surface area (Å²) in [5.74, 6) is -0.954. The zero-order chi connectivity index (χ0) is 20.8. The van der Waals surface area contributed by atoms with E-state index in [1.807, 2.05) is 32.9 Å². The average Bonchev–Trinajstić information content (AvgIpc) is 2.86.